The van der Waals surface area contributed by atoms with E-state index in [0.29, 0.717) is 0 Å². The average molecular weight is 282 g/mol. The third-order valence-electron chi connectivity index (χ3n) is 5.67. The van der Waals surface area contributed by atoms with Gasteiger partial charge in [-0.1, -0.05) is 6.92 Å². The standard InChI is InChI=1S/C16H34N4/c1-4-20-9-5-7-16(14-17,8-11-20)19(3)13-15-6-10-18(2)12-15/h15H,4-14,17H2,1-3H3. The van der Waals surface area contributed by atoms with E-state index in [9.17, 15) is 0 Å². The van der Waals surface area contributed by atoms with E-state index in [1.165, 1.54) is 65.0 Å². The van der Waals surface area contributed by atoms with Crippen molar-refractivity contribution in [3.63, 3.8) is 0 Å². The molecule has 0 aromatic heterocycles. The quantitative estimate of drug-likeness (QED) is 0.818. The molecule has 0 radical (unpaired) electrons. The highest BCUT2D eigenvalue weighted by Crippen LogP contribution is 2.29. The predicted octanol–water partition coefficient (Wildman–Crippen LogP) is 1.07. The summed E-state index contributed by atoms with van der Waals surface area (Å²) in [5.41, 5.74) is 6.47. The van der Waals surface area contributed by atoms with Crippen molar-refractivity contribution in [2.45, 2.75) is 38.1 Å². The van der Waals surface area contributed by atoms with Crippen LogP contribution in [0.1, 0.15) is 32.6 Å². The predicted molar refractivity (Wildman–Crippen MR) is 86.0 cm³/mol. The van der Waals surface area contributed by atoms with Gasteiger partial charge in [-0.25, -0.2) is 0 Å². The summed E-state index contributed by atoms with van der Waals surface area (Å²) in [5.74, 6) is 0.832. The molecule has 2 rings (SSSR count). The van der Waals surface area contributed by atoms with E-state index in [1.807, 2.05) is 0 Å². The maximum absolute atomic E-state index is 6.23. The normalized spacial score (nSPS) is 33.8. The third-order valence-corrected chi connectivity index (χ3v) is 5.67. The van der Waals surface area contributed by atoms with Gasteiger partial charge in [0.2, 0.25) is 0 Å². The maximum atomic E-state index is 6.23. The van der Waals surface area contributed by atoms with Crippen LogP contribution >= 0.6 is 0 Å². The summed E-state index contributed by atoms with van der Waals surface area (Å²) in [7, 11) is 4.55. The van der Waals surface area contributed by atoms with Gasteiger partial charge < -0.3 is 15.5 Å². The van der Waals surface area contributed by atoms with E-state index < -0.39 is 0 Å². The Balaban J connectivity index is 1.94. The molecule has 0 spiro atoms. The van der Waals surface area contributed by atoms with E-state index in [0.717, 1.165) is 12.5 Å². The lowest BCUT2D eigenvalue weighted by Crippen LogP contribution is -2.54. The zero-order valence-electron chi connectivity index (χ0n) is 13.8. The highest BCUT2D eigenvalue weighted by Gasteiger charge is 2.36. The van der Waals surface area contributed by atoms with Gasteiger partial charge in [-0.15, -0.1) is 0 Å². The van der Waals surface area contributed by atoms with E-state index in [2.05, 4.69) is 35.7 Å². The molecule has 2 unspecified atom stereocenters. The van der Waals surface area contributed by atoms with Gasteiger partial charge in [-0.05, 0) is 71.9 Å². The Morgan fingerprint density at radius 2 is 2.05 bits per heavy atom. The molecule has 0 aliphatic carbocycles. The first-order valence-corrected chi connectivity index (χ1v) is 8.42. The second-order valence-corrected chi connectivity index (χ2v) is 7.01. The van der Waals surface area contributed by atoms with Crippen LogP contribution in [0.5, 0.6) is 0 Å². The minimum absolute atomic E-state index is 0.241. The number of rotatable bonds is 5. The fourth-order valence-electron chi connectivity index (χ4n) is 4.05. The molecular formula is C16H34N4. The van der Waals surface area contributed by atoms with Crippen LogP contribution in [0.25, 0.3) is 0 Å². The molecule has 2 aliphatic rings. The van der Waals surface area contributed by atoms with Gasteiger partial charge in [0.15, 0.2) is 0 Å². The van der Waals surface area contributed by atoms with Crippen LogP contribution in [0.15, 0.2) is 0 Å². The van der Waals surface area contributed by atoms with Crippen LogP contribution in [0.2, 0.25) is 0 Å². The number of nitrogens with zero attached hydrogens (tertiary/aromatic N) is 3. The summed E-state index contributed by atoms with van der Waals surface area (Å²) >= 11 is 0. The van der Waals surface area contributed by atoms with Crippen molar-refractivity contribution in [2.24, 2.45) is 11.7 Å². The van der Waals surface area contributed by atoms with Gasteiger partial charge in [0.25, 0.3) is 0 Å². The summed E-state index contributed by atoms with van der Waals surface area (Å²) in [6.45, 7) is 10.5. The first kappa shape index (κ1) is 16.2. The van der Waals surface area contributed by atoms with E-state index >= 15 is 0 Å². The van der Waals surface area contributed by atoms with Crippen LogP contribution < -0.4 is 5.73 Å². The summed E-state index contributed by atoms with van der Waals surface area (Å²) < 4.78 is 0. The largest absolute Gasteiger partial charge is 0.329 e. The minimum Gasteiger partial charge on any atom is -0.329 e. The molecule has 2 heterocycles. The second kappa shape index (κ2) is 7.21. The molecule has 2 atom stereocenters. The Morgan fingerprint density at radius 3 is 2.65 bits per heavy atom. The Bertz CT molecular complexity index is 296. The number of hydrogen-bond acceptors (Lipinski definition) is 4. The summed E-state index contributed by atoms with van der Waals surface area (Å²) in [6, 6.07) is 0. The lowest BCUT2D eigenvalue weighted by Gasteiger charge is -2.42. The number of likely N-dealkylation sites (N-methyl/N-ethyl adjacent to an activating group) is 1. The summed E-state index contributed by atoms with van der Waals surface area (Å²) in [4.78, 5) is 7.64. The lowest BCUT2D eigenvalue weighted by atomic mass is 9.88. The lowest BCUT2D eigenvalue weighted by molar-refractivity contribution is 0.0903. The Kier molecular flexibility index (Phi) is 5.84. The summed E-state index contributed by atoms with van der Waals surface area (Å²) in [5, 5.41) is 0. The van der Waals surface area contributed by atoms with Crippen LogP contribution in [0.3, 0.4) is 0 Å². The molecule has 0 aromatic rings. The average Bonchev–Trinajstić information content (AvgIpc) is 2.74. The zero-order valence-corrected chi connectivity index (χ0v) is 13.8. The fraction of sp³-hybridized carbons (Fsp3) is 1.00. The molecule has 4 nitrogen and oxygen atoms in total. The smallest absolute Gasteiger partial charge is 0.0341 e. The van der Waals surface area contributed by atoms with Gasteiger partial charge in [0, 0.05) is 25.2 Å². The molecule has 0 saturated carbocycles. The molecule has 2 aliphatic heterocycles. The fourth-order valence-corrected chi connectivity index (χ4v) is 4.05. The molecular weight excluding hydrogens is 248 g/mol. The van der Waals surface area contributed by atoms with E-state index in [1.54, 1.807) is 0 Å². The number of nitrogens with two attached hydrogens (primary N) is 1. The monoisotopic (exact) mass is 282 g/mol. The Hall–Kier alpha value is -0.160. The molecule has 0 aromatic carbocycles. The highest BCUT2D eigenvalue weighted by molar-refractivity contribution is 4.94. The summed E-state index contributed by atoms with van der Waals surface area (Å²) in [6.07, 6.45) is 5.14. The van der Waals surface area contributed by atoms with E-state index in [-0.39, 0.29) is 5.54 Å². The Morgan fingerprint density at radius 1 is 1.25 bits per heavy atom. The van der Waals surface area contributed by atoms with Crippen LogP contribution in [-0.2, 0) is 0 Å². The molecule has 0 bridgehead atoms. The molecule has 118 valence electrons. The first-order valence-electron chi connectivity index (χ1n) is 8.42. The molecule has 2 saturated heterocycles. The van der Waals surface area contributed by atoms with Gasteiger partial charge >= 0.3 is 0 Å². The van der Waals surface area contributed by atoms with Gasteiger partial charge in [0.05, 0.1) is 0 Å². The van der Waals surface area contributed by atoms with Crippen molar-refractivity contribution in [3.05, 3.63) is 0 Å². The highest BCUT2D eigenvalue weighted by atomic mass is 15.2. The Labute approximate surface area is 125 Å². The van der Waals surface area contributed by atoms with Crippen LogP contribution in [0, 0.1) is 5.92 Å². The first-order chi connectivity index (χ1) is 9.59. The molecule has 20 heavy (non-hydrogen) atoms. The van der Waals surface area contributed by atoms with Crippen molar-refractivity contribution in [3.8, 4) is 0 Å². The molecule has 0 amide bonds. The zero-order chi connectivity index (χ0) is 14.6. The van der Waals surface area contributed by atoms with Gasteiger partial charge in [-0.3, -0.25) is 4.90 Å². The molecule has 4 heteroatoms. The number of hydrogen-bond donors (Lipinski definition) is 1. The van der Waals surface area contributed by atoms with E-state index in [4.69, 9.17) is 5.73 Å². The molecule has 2 fully saturated rings. The van der Waals surface area contributed by atoms with Crippen molar-refractivity contribution < 1.29 is 0 Å². The number of likely N-dealkylation sites (tertiary alicyclic amines) is 2. The maximum Gasteiger partial charge on any atom is 0.0341 e. The SMILES string of the molecule is CCN1CCCC(CN)(N(C)CC2CCN(C)C2)CC1. The van der Waals surface area contributed by atoms with Crippen molar-refractivity contribution in [2.75, 3.05) is 59.9 Å². The van der Waals surface area contributed by atoms with Gasteiger partial charge in [-0.2, -0.15) is 0 Å². The third kappa shape index (κ3) is 3.73. The van der Waals surface area contributed by atoms with Crippen LogP contribution in [0.4, 0.5) is 0 Å². The van der Waals surface area contributed by atoms with Gasteiger partial charge in [0.1, 0.15) is 0 Å². The van der Waals surface area contributed by atoms with Crippen molar-refractivity contribution in [1.29, 1.82) is 0 Å². The van der Waals surface area contributed by atoms with Crippen LogP contribution in [-0.4, -0.2) is 80.1 Å². The topological polar surface area (TPSA) is 35.7 Å². The van der Waals surface area contributed by atoms with Crippen molar-refractivity contribution in [1.82, 2.24) is 14.7 Å². The second-order valence-electron chi connectivity index (χ2n) is 7.01. The molecule has 2 N–H and O–H groups in total. The minimum atomic E-state index is 0.241. The van der Waals surface area contributed by atoms with Crippen molar-refractivity contribution >= 4 is 0 Å².